The van der Waals surface area contributed by atoms with E-state index in [1.54, 1.807) is 0 Å². The molecule has 1 aromatic heterocycles. The molecule has 0 spiro atoms. The quantitative estimate of drug-likeness (QED) is 0.698. The van der Waals surface area contributed by atoms with E-state index in [9.17, 15) is 4.79 Å². The van der Waals surface area contributed by atoms with Gasteiger partial charge >= 0.3 is 5.97 Å². The van der Waals surface area contributed by atoms with E-state index in [-0.39, 0.29) is 5.97 Å². The number of ether oxygens (including phenoxy) is 1. The van der Waals surface area contributed by atoms with E-state index < -0.39 is 0 Å². The normalized spacial score (nSPS) is 10.4. The van der Waals surface area contributed by atoms with E-state index in [0.717, 1.165) is 10.1 Å². The largest absolute Gasteiger partial charge is 0.465 e. The molecular formula is C10H7ClO2S. The van der Waals surface area contributed by atoms with Gasteiger partial charge in [0.25, 0.3) is 0 Å². The number of benzene rings is 1. The van der Waals surface area contributed by atoms with Gasteiger partial charge in [-0.25, -0.2) is 4.79 Å². The second-order valence-electron chi connectivity index (χ2n) is 2.73. The lowest BCUT2D eigenvalue weighted by atomic mass is 10.2. The second kappa shape index (κ2) is 3.59. The van der Waals surface area contributed by atoms with Crippen LogP contribution in [-0.2, 0) is 4.74 Å². The number of methoxy groups -OCH3 is 1. The van der Waals surface area contributed by atoms with Crippen LogP contribution >= 0.6 is 22.9 Å². The molecule has 0 atom stereocenters. The minimum Gasteiger partial charge on any atom is -0.465 e. The average Bonchev–Trinajstić information content (AvgIpc) is 2.56. The van der Waals surface area contributed by atoms with E-state index >= 15 is 0 Å². The minimum absolute atomic E-state index is 0.379. The van der Waals surface area contributed by atoms with Crippen molar-refractivity contribution in [1.29, 1.82) is 0 Å². The van der Waals surface area contributed by atoms with E-state index in [1.807, 2.05) is 24.3 Å². The first-order valence-corrected chi connectivity index (χ1v) is 5.19. The van der Waals surface area contributed by atoms with Crippen LogP contribution in [0.5, 0.6) is 0 Å². The molecule has 0 saturated heterocycles. The summed E-state index contributed by atoms with van der Waals surface area (Å²) >= 11 is 7.39. The van der Waals surface area contributed by atoms with Gasteiger partial charge in [-0.1, -0.05) is 29.8 Å². The molecule has 1 aromatic carbocycles. The molecule has 0 aliphatic carbocycles. The lowest BCUT2D eigenvalue weighted by molar-refractivity contribution is 0.0606. The van der Waals surface area contributed by atoms with Crippen LogP contribution in [0.4, 0.5) is 0 Å². The molecule has 2 aromatic rings. The Morgan fingerprint density at radius 1 is 1.43 bits per heavy atom. The lowest BCUT2D eigenvalue weighted by Gasteiger charge is -1.93. The van der Waals surface area contributed by atoms with Gasteiger partial charge in [0.05, 0.1) is 12.1 Å². The molecule has 14 heavy (non-hydrogen) atoms. The zero-order valence-corrected chi connectivity index (χ0v) is 8.98. The number of carbonyl (C=O) groups is 1. The Balaban J connectivity index is 2.68. The molecule has 0 unspecified atom stereocenters. The summed E-state index contributed by atoms with van der Waals surface area (Å²) in [5.41, 5.74) is 0. The van der Waals surface area contributed by atoms with Crippen molar-refractivity contribution < 1.29 is 9.53 Å². The van der Waals surface area contributed by atoms with Crippen molar-refractivity contribution in [3.63, 3.8) is 0 Å². The summed E-state index contributed by atoms with van der Waals surface area (Å²) in [6, 6.07) is 7.62. The third-order valence-corrected chi connectivity index (χ3v) is 3.56. The van der Waals surface area contributed by atoms with E-state index in [4.69, 9.17) is 11.6 Å². The Kier molecular flexibility index (Phi) is 2.44. The number of thiophene rings is 1. The van der Waals surface area contributed by atoms with Crippen molar-refractivity contribution in [3.8, 4) is 0 Å². The molecule has 0 radical (unpaired) electrons. The average molecular weight is 227 g/mol. The first-order valence-electron chi connectivity index (χ1n) is 3.99. The summed E-state index contributed by atoms with van der Waals surface area (Å²) in [7, 11) is 1.35. The van der Waals surface area contributed by atoms with Gasteiger partial charge in [0.1, 0.15) is 4.88 Å². The fraction of sp³-hybridized carbons (Fsp3) is 0.100. The molecular weight excluding hydrogens is 220 g/mol. The van der Waals surface area contributed by atoms with Crippen molar-refractivity contribution in [3.05, 3.63) is 34.2 Å². The molecule has 4 heteroatoms. The molecule has 2 nitrogen and oxygen atoms in total. The van der Waals surface area contributed by atoms with Crippen LogP contribution in [0.15, 0.2) is 24.3 Å². The molecule has 1 heterocycles. The Bertz CT molecular complexity index is 490. The summed E-state index contributed by atoms with van der Waals surface area (Å²) in [6.45, 7) is 0. The third-order valence-electron chi connectivity index (χ3n) is 1.91. The highest BCUT2D eigenvalue weighted by atomic mass is 35.5. The highest BCUT2D eigenvalue weighted by molar-refractivity contribution is 7.21. The van der Waals surface area contributed by atoms with Gasteiger partial charge in [-0.15, -0.1) is 11.3 Å². The Morgan fingerprint density at radius 3 is 2.79 bits per heavy atom. The van der Waals surface area contributed by atoms with Crippen LogP contribution < -0.4 is 0 Å². The number of rotatable bonds is 1. The number of fused-ring (bicyclic) bond motifs is 1. The summed E-state index contributed by atoms with van der Waals surface area (Å²) in [5.74, 6) is -0.379. The minimum atomic E-state index is -0.379. The van der Waals surface area contributed by atoms with Crippen LogP contribution in [0.3, 0.4) is 0 Å². The number of hydrogen-bond acceptors (Lipinski definition) is 3. The maximum absolute atomic E-state index is 11.3. The van der Waals surface area contributed by atoms with Gasteiger partial charge in [0.2, 0.25) is 0 Å². The van der Waals surface area contributed by atoms with Gasteiger partial charge in [0, 0.05) is 10.1 Å². The van der Waals surface area contributed by atoms with Crippen molar-refractivity contribution in [2.24, 2.45) is 0 Å². The SMILES string of the molecule is COC(=O)c1sc2ccccc2c1Cl. The maximum atomic E-state index is 11.3. The van der Waals surface area contributed by atoms with E-state index in [0.29, 0.717) is 9.90 Å². The van der Waals surface area contributed by atoms with Crippen LogP contribution in [0.2, 0.25) is 5.02 Å². The number of hydrogen-bond donors (Lipinski definition) is 0. The fourth-order valence-electron chi connectivity index (χ4n) is 1.24. The molecule has 0 aliphatic rings. The highest BCUT2D eigenvalue weighted by Crippen LogP contribution is 2.35. The fourth-order valence-corrected chi connectivity index (χ4v) is 2.66. The predicted octanol–water partition coefficient (Wildman–Crippen LogP) is 3.34. The molecule has 0 aliphatic heterocycles. The van der Waals surface area contributed by atoms with Crippen LogP contribution in [0.1, 0.15) is 9.67 Å². The van der Waals surface area contributed by atoms with Gasteiger partial charge in [-0.2, -0.15) is 0 Å². The molecule has 0 fully saturated rings. The van der Waals surface area contributed by atoms with Crippen molar-refractivity contribution in [1.82, 2.24) is 0 Å². The standard InChI is InChI=1S/C10H7ClO2S/c1-13-10(12)9-8(11)6-4-2-3-5-7(6)14-9/h2-5H,1H3. The Morgan fingerprint density at radius 2 is 2.14 bits per heavy atom. The van der Waals surface area contributed by atoms with Crippen LogP contribution in [-0.4, -0.2) is 13.1 Å². The molecule has 0 N–H and O–H groups in total. The zero-order valence-electron chi connectivity index (χ0n) is 7.41. The Labute approximate surface area is 90.1 Å². The lowest BCUT2D eigenvalue weighted by Crippen LogP contribution is -1.97. The van der Waals surface area contributed by atoms with Crippen LogP contribution in [0, 0.1) is 0 Å². The van der Waals surface area contributed by atoms with Gasteiger partial charge in [-0.05, 0) is 6.07 Å². The van der Waals surface area contributed by atoms with Gasteiger partial charge in [-0.3, -0.25) is 0 Å². The van der Waals surface area contributed by atoms with E-state index in [2.05, 4.69) is 4.74 Å². The molecule has 0 bridgehead atoms. The monoisotopic (exact) mass is 226 g/mol. The van der Waals surface area contributed by atoms with Crippen LogP contribution in [0.25, 0.3) is 10.1 Å². The number of esters is 1. The summed E-state index contributed by atoms with van der Waals surface area (Å²) in [4.78, 5) is 11.8. The second-order valence-corrected chi connectivity index (χ2v) is 4.16. The predicted molar refractivity (Wildman–Crippen MR) is 58.2 cm³/mol. The van der Waals surface area contributed by atoms with Gasteiger partial charge < -0.3 is 4.74 Å². The first kappa shape index (κ1) is 9.49. The van der Waals surface area contributed by atoms with E-state index in [1.165, 1.54) is 18.4 Å². The molecule has 2 rings (SSSR count). The van der Waals surface area contributed by atoms with Crippen molar-refractivity contribution in [2.75, 3.05) is 7.11 Å². The number of halogens is 1. The molecule has 0 amide bonds. The first-order chi connectivity index (χ1) is 6.74. The number of carbonyl (C=O) groups excluding carboxylic acids is 1. The maximum Gasteiger partial charge on any atom is 0.349 e. The smallest absolute Gasteiger partial charge is 0.349 e. The summed E-state index contributed by atoms with van der Waals surface area (Å²) < 4.78 is 5.63. The Hall–Kier alpha value is -1.06. The summed E-state index contributed by atoms with van der Waals surface area (Å²) in [6.07, 6.45) is 0. The summed E-state index contributed by atoms with van der Waals surface area (Å²) in [5, 5.41) is 1.39. The molecule has 72 valence electrons. The highest BCUT2D eigenvalue weighted by Gasteiger charge is 2.16. The van der Waals surface area contributed by atoms with Gasteiger partial charge in [0.15, 0.2) is 0 Å². The van der Waals surface area contributed by atoms with Crippen molar-refractivity contribution >= 4 is 39.0 Å². The van der Waals surface area contributed by atoms with Crippen molar-refractivity contribution in [2.45, 2.75) is 0 Å². The molecule has 0 saturated carbocycles. The topological polar surface area (TPSA) is 26.3 Å². The zero-order chi connectivity index (χ0) is 10.1. The third kappa shape index (κ3) is 1.38.